The standard InChI is InChI=1S/C18H28N2O3/c1-3-23-13-16-8-6-15(7-9-16)11-19-18(22)20-10-4-5-17(12-20)14(2)21/h6-9,14,17,21H,3-5,10-13H2,1-2H3,(H,19,22). The van der Waals surface area contributed by atoms with E-state index in [4.69, 9.17) is 4.74 Å². The summed E-state index contributed by atoms with van der Waals surface area (Å²) >= 11 is 0. The zero-order chi connectivity index (χ0) is 16.7. The quantitative estimate of drug-likeness (QED) is 0.847. The molecule has 1 fully saturated rings. The topological polar surface area (TPSA) is 61.8 Å². The summed E-state index contributed by atoms with van der Waals surface area (Å²) < 4.78 is 5.37. The van der Waals surface area contributed by atoms with Gasteiger partial charge in [-0.15, -0.1) is 0 Å². The van der Waals surface area contributed by atoms with E-state index in [0.29, 0.717) is 26.3 Å². The Balaban J connectivity index is 1.79. The smallest absolute Gasteiger partial charge is 0.317 e. The summed E-state index contributed by atoms with van der Waals surface area (Å²) in [4.78, 5) is 14.1. The Bertz CT molecular complexity index is 488. The summed E-state index contributed by atoms with van der Waals surface area (Å²) in [6.45, 7) is 7.03. The summed E-state index contributed by atoms with van der Waals surface area (Å²) in [5, 5.41) is 12.7. The Kier molecular flexibility index (Phi) is 6.86. The number of carbonyl (C=O) groups is 1. The van der Waals surface area contributed by atoms with Crippen molar-refractivity contribution in [3.8, 4) is 0 Å². The lowest BCUT2D eigenvalue weighted by Crippen LogP contribution is -2.47. The third-order valence-corrected chi connectivity index (χ3v) is 4.37. The van der Waals surface area contributed by atoms with E-state index in [0.717, 1.165) is 30.5 Å². The number of nitrogens with zero attached hydrogens (tertiary/aromatic N) is 1. The highest BCUT2D eigenvalue weighted by Gasteiger charge is 2.26. The second kappa shape index (κ2) is 8.89. The van der Waals surface area contributed by atoms with Crippen molar-refractivity contribution >= 4 is 6.03 Å². The highest BCUT2D eigenvalue weighted by Crippen LogP contribution is 2.19. The summed E-state index contributed by atoms with van der Waals surface area (Å²) in [7, 11) is 0. The number of amides is 2. The fourth-order valence-corrected chi connectivity index (χ4v) is 2.85. The summed E-state index contributed by atoms with van der Waals surface area (Å²) in [5.41, 5.74) is 2.21. The van der Waals surface area contributed by atoms with Crippen LogP contribution in [0.25, 0.3) is 0 Å². The van der Waals surface area contributed by atoms with Gasteiger partial charge in [-0.05, 0) is 37.8 Å². The van der Waals surface area contributed by atoms with Crippen molar-refractivity contribution in [2.24, 2.45) is 5.92 Å². The van der Waals surface area contributed by atoms with Crippen LogP contribution in [0.4, 0.5) is 4.79 Å². The minimum Gasteiger partial charge on any atom is -0.393 e. The predicted molar refractivity (Wildman–Crippen MR) is 90.0 cm³/mol. The molecular weight excluding hydrogens is 292 g/mol. The highest BCUT2D eigenvalue weighted by atomic mass is 16.5. The Labute approximate surface area is 138 Å². The Morgan fingerprint density at radius 3 is 2.74 bits per heavy atom. The van der Waals surface area contributed by atoms with Crippen molar-refractivity contribution in [1.29, 1.82) is 0 Å². The van der Waals surface area contributed by atoms with Gasteiger partial charge in [0.1, 0.15) is 0 Å². The largest absolute Gasteiger partial charge is 0.393 e. The van der Waals surface area contributed by atoms with E-state index in [1.165, 1.54) is 0 Å². The number of aliphatic hydroxyl groups excluding tert-OH is 1. The van der Waals surface area contributed by atoms with Crippen LogP contribution in [0.1, 0.15) is 37.8 Å². The summed E-state index contributed by atoms with van der Waals surface area (Å²) in [6.07, 6.45) is 1.58. The molecule has 0 aromatic heterocycles. The molecule has 2 atom stereocenters. The molecule has 1 heterocycles. The molecule has 1 saturated heterocycles. The van der Waals surface area contributed by atoms with E-state index < -0.39 is 0 Å². The number of likely N-dealkylation sites (tertiary alicyclic amines) is 1. The fourth-order valence-electron chi connectivity index (χ4n) is 2.85. The van der Waals surface area contributed by atoms with E-state index in [2.05, 4.69) is 5.32 Å². The number of hydrogen-bond acceptors (Lipinski definition) is 3. The maximum atomic E-state index is 12.3. The van der Waals surface area contributed by atoms with Gasteiger partial charge in [0.2, 0.25) is 0 Å². The summed E-state index contributed by atoms with van der Waals surface area (Å²) in [6, 6.07) is 8.05. The van der Waals surface area contributed by atoms with E-state index in [9.17, 15) is 9.90 Å². The molecule has 0 spiro atoms. The monoisotopic (exact) mass is 320 g/mol. The minimum absolute atomic E-state index is 0.0475. The van der Waals surface area contributed by atoms with Gasteiger partial charge >= 0.3 is 6.03 Å². The first-order valence-electron chi connectivity index (χ1n) is 8.46. The number of urea groups is 1. The molecule has 2 rings (SSSR count). The van der Waals surface area contributed by atoms with E-state index in [-0.39, 0.29) is 18.1 Å². The van der Waals surface area contributed by atoms with Crippen molar-refractivity contribution in [3.05, 3.63) is 35.4 Å². The van der Waals surface area contributed by atoms with Crippen LogP contribution in [-0.4, -0.2) is 41.8 Å². The second-order valence-corrected chi connectivity index (χ2v) is 6.20. The van der Waals surface area contributed by atoms with Gasteiger partial charge in [0, 0.05) is 32.2 Å². The lowest BCUT2D eigenvalue weighted by Gasteiger charge is -2.34. The van der Waals surface area contributed by atoms with Crippen molar-refractivity contribution in [1.82, 2.24) is 10.2 Å². The maximum absolute atomic E-state index is 12.3. The average molecular weight is 320 g/mol. The van der Waals surface area contributed by atoms with Gasteiger partial charge in [0.25, 0.3) is 0 Å². The van der Waals surface area contributed by atoms with E-state index in [1.807, 2.05) is 36.1 Å². The lowest BCUT2D eigenvalue weighted by atomic mass is 9.94. The minimum atomic E-state index is -0.358. The molecule has 2 N–H and O–H groups in total. The number of benzene rings is 1. The molecule has 2 unspecified atom stereocenters. The van der Waals surface area contributed by atoms with Crippen LogP contribution in [0.15, 0.2) is 24.3 Å². The lowest BCUT2D eigenvalue weighted by molar-refractivity contribution is 0.0738. The molecule has 5 heteroatoms. The molecule has 0 bridgehead atoms. The number of ether oxygens (including phenoxy) is 1. The number of carbonyl (C=O) groups excluding carboxylic acids is 1. The van der Waals surface area contributed by atoms with E-state index in [1.54, 1.807) is 6.92 Å². The van der Waals surface area contributed by atoms with Crippen molar-refractivity contribution in [3.63, 3.8) is 0 Å². The van der Waals surface area contributed by atoms with Crippen molar-refractivity contribution < 1.29 is 14.6 Å². The number of piperidine rings is 1. The number of nitrogens with one attached hydrogen (secondary N) is 1. The third-order valence-electron chi connectivity index (χ3n) is 4.37. The Morgan fingerprint density at radius 2 is 2.09 bits per heavy atom. The molecule has 0 radical (unpaired) electrons. The summed E-state index contributed by atoms with van der Waals surface area (Å²) in [5.74, 6) is 0.187. The van der Waals surface area contributed by atoms with Crippen LogP contribution < -0.4 is 5.32 Å². The van der Waals surface area contributed by atoms with Crippen molar-refractivity contribution in [2.75, 3.05) is 19.7 Å². The van der Waals surface area contributed by atoms with Gasteiger partial charge in [-0.1, -0.05) is 24.3 Å². The molecule has 23 heavy (non-hydrogen) atoms. The predicted octanol–water partition coefficient (Wildman–Crippen LogP) is 2.53. The number of hydrogen-bond donors (Lipinski definition) is 2. The molecule has 5 nitrogen and oxygen atoms in total. The number of rotatable bonds is 6. The second-order valence-electron chi connectivity index (χ2n) is 6.20. The normalized spacial score (nSPS) is 19.4. The third kappa shape index (κ3) is 5.52. The molecule has 128 valence electrons. The van der Waals surface area contributed by atoms with Crippen LogP contribution in [0.2, 0.25) is 0 Å². The molecule has 1 aromatic carbocycles. The molecule has 1 aromatic rings. The average Bonchev–Trinajstić information content (AvgIpc) is 2.58. The molecule has 2 amide bonds. The highest BCUT2D eigenvalue weighted by molar-refractivity contribution is 5.74. The Hall–Kier alpha value is -1.59. The first-order chi connectivity index (χ1) is 11.1. The Morgan fingerprint density at radius 1 is 1.39 bits per heavy atom. The van der Waals surface area contributed by atoms with Gasteiger partial charge in [-0.3, -0.25) is 0 Å². The van der Waals surface area contributed by atoms with Crippen LogP contribution in [0.3, 0.4) is 0 Å². The van der Waals surface area contributed by atoms with Crippen LogP contribution in [0, 0.1) is 5.92 Å². The van der Waals surface area contributed by atoms with Crippen molar-refractivity contribution in [2.45, 2.75) is 45.9 Å². The van der Waals surface area contributed by atoms with Gasteiger partial charge < -0.3 is 20.1 Å². The van der Waals surface area contributed by atoms with E-state index >= 15 is 0 Å². The van der Waals surface area contributed by atoms with Crippen LogP contribution >= 0.6 is 0 Å². The van der Waals surface area contributed by atoms with Crippen LogP contribution in [-0.2, 0) is 17.9 Å². The molecular formula is C18H28N2O3. The molecule has 0 aliphatic carbocycles. The number of aliphatic hydroxyl groups is 1. The zero-order valence-corrected chi connectivity index (χ0v) is 14.1. The maximum Gasteiger partial charge on any atom is 0.317 e. The van der Waals surface area contributed by atoms with Gasteiger partial charge in [0.05, 0.1) is 12.7 Å². The van der Waals surface area contributed by atoms with Gasteiger partial charge in [0.15, 0.2) is 0 Å². The SMILES string of the molecule is CCOCc1ccc(CNC(=O)N2CCCC(C(C)O)C2)cc1. The fraction of sp³-hybridized carbons (Fsp3) is 0.611. The van der Waals surface area contributed by atoms with Gasteiger partial charge in [-0.2, -0.15) is 0 Å². The van der Waals surface area contributed by atoms with Gasteiger partial charge in [-0.25, -0.2) is 4.79 Å². The molecule has 1 aliphatic rings. The first kappa shape index (κ1) is 17.8. The zero-order valence-electron chi connectivity index (χ0n) is 14.1. The first-order valence-corrected chi connectivity index (χ1v) is 8.46. The molecule has 1 aliphatic heterocycles. The molecule has 0 saturated carbocycles. The van der Waals surface area contributed by atoms with Crippen LogP contribution in [0.5, 0.6) is 0 Å².